The second-order valence-corrected chi connectivity index (χ2v) is 11.2. The number of carboxylic acid groups (broad SMARTS) is 1. The number of fused-ring (bicyclic) bond motifs is 5. The maximum atomic E-state index is 11.1. The number of carboxylic acids is 1. The summed E-state index contributed by atoms with van der Waals surface area (Å²) in [4.78, 5) is 11.0. The van der Waals surface area contributed by atoms with Crippen molar-refractivity contribution in [2.75, 3.05) is 0 Å². The molecule has 4 aliphatic carbocycles. The smallest absolute Gasteiger partial charge is 0.303 e. The van der Waals surface area contributed by atoms with Crippen molar-refractivity contribution in [3.8, 4) is 0 Å². The Morgan fingerprint density at radius 3 is 2.48 bits per heavy atom. The molecule has 0 spiro atoms. The van der Waals surface area contributed by atoms with Crippen LogP contribution in [-0.4, -0.2) is 22.3 Å². The van der Waals surface area contributed by atoms with E-state index in [1.54, 1.807) is 0 Å². The maximum Gasteiger partial charge on any atom is 0.303 e. The van der Waals surface area contributed by atoms with Crippen molar-refractivity contribution in [1.82, 2.24) is 0 Å². The number of aliphatic hydroxyl groups excluding tert-OH is 1. The largest absolute Gasteiger partial charge is 0.481 e. The normalized spacial score (nSPS) is 50.4. The molecule has 0 amide bonds. The van der Waals surface area contributed by atoms with Crippen molar-refractivity contribution in [2.24, 2.45) is 46.3 Å². The minimum atomic E-state index is -0.656. The summed E-state index contributed by atoms with van der Waals surface area (Å²) in [6.45, 7) is 7.33. The summed E-state index contributed by atoms with van der Waals surface area (Å²) in [5.74, 6) is 3.27. The van der Waals surface area contributed by atoms with Crippen LogP contribution in [-0.2, 0) is 4.79 Å². The van der Waals surface area contributed by atoms with Gasteiger partial charge in [0.2, 0.25) is 0 Å². The summed E-state index contributed by atoms with van der Waals surface area (Å²) in [6.07, 6.45) is 12.5. The van der Waals surface area contributed by atoms with Crippen LogP contribution in [0.3, 0.4) is 0 Å². The van der Waals surface area contributed by atoms with Gasteiger partial charge in [0.05, 0.1) is 6.10 Å². The molecule has 3 heteroatoms. The lowest BCUT2D eigenvalue weighted by Crippen LogP contribution is -2.57. The summed E-state index contributed by atoms with van der Waals surface area (Å²) < 4.78 is 0. The predicted molar refractivity (Wildman–Crippen MR) is 107 cm³/mol. The number of hydrogen-bond donors (Lipinski definition) is 2. The van der Waals surface area contributed by atoms with E-state index in [0.29, 0.717) is 40.9 Å². The Kier molecular flexibility index (Phi) is 5.15. The van der Waals surface area contributed by atoms with Gasteiger partial charge in [0.1, 0.15) is 0 Å². The molecule has 0 heterocycles. The van der Waals surface area contributed by atoms with Gasteiger partial charge in [0, 0.05) is 6.42 Å². The van der Waals surface area contributed by atoms with Crippen molar-refractivity contribution in [1.29, 1.82) is 0 Å². The molecule has 0 aliphatic heterocycles. The Morgan fingerprint density at radius 2 is 1.74 bits per heavy atom. The Morgan fingerprint density at radius 1 is 1.00 bits per heavy atom. The van der Waals surface area contributed by atoms with Gasteiger partial charge in [-0.05, 0) is 97.7 Å². The predicted octanol–water partition coefficient (Wildman–Crippen LogP) is 5.51. The number of aliphatic hydroxyl groups is 1. The molecule has 154 valence electrons. The molecule has 4 fully saturated rings. The van der Waals surface area contributed by atoms with Crippen LogP contribution in [0.1, 0.15) is 91.4 Å². The number of aliphatic carboxylic acids is 1. The second-order valence-electron chi connectivity index (χ2n) is 11.2. The van der Waals surface area contributed by atoms with Crippen molar-refractivity contribution in [3.63, 3.8) is 0 Å². The first kappa shape index (κ1) is 19.7. The average molecular weight is 377 g/mol. The van der Waals surface area contributed by atoms with Crippen molar-refractivity contribution >= 4 is 5.97 Å². The fraction of sp³-hybridized carbons (Fsp3) is 0.958. The van der Waals surface area contributed by atoms with E-state index in [0.717, 1.165) is 24.7 Å². The first-order chi connectivity index (χ1) is 12.8. The van der Waals surface area contributed by atoms with Gasteiger partial charge < -0.3 is 10.2 Å². The van der Waals surface area contributed by atoms with Gasteiger partial charge in [-0.2, -0.15) is 0 Å². The lowest BCUT2D eigenvalue weighted by atomic mass is 9.44. The zero-order valence-corrected chi connectivity index (χ0v) is 17.6. The third-order valence-electron chi connectivity index (χ3n) is 10.2. The molecule has 27 heavy (non-hydrogen) atoms. The molecule has 4 aliphatic rings. The highest BCUT2D eigenvalue weighted by Crippen LogP contribution is 2.68. The van der Waals surface area contributed by atoms with Crippen LogP contribution in [0.2, 0.25) is 0 Å². The van der Waals surface area contributed by atoms with Crippen molar-refractivity contribution < 1.29 is 15.0 Å². The van der Waals surface area contributed by atoms with E-state index in [2.05, 4.69) is 20.8 Å². The summed E-state index contributed by atoms with van der Waals surface area (Å²) in [6, 6.07) is 0. The molecular formula is C24H40O3. The van der Waals surface area contributed by atoms with Gasteiger partial charge in [-0.25, -0.2) is 0 Å². The zero-order valence-electron chi connectivity index (χ0n) is 17.6. The van der Waals surface area contributed by atoms with Crippen LogP contribution in [0, 0.1) is 46.3 Å². The minimum Gasteiger partial charge on any atom is -0.481 e. The summed E-state index contributed by atoms with van der Waals surface area (Å²) >= 11 is 0. The first-order valence-corrected chi connectivity index (χ1v) is 11.7. The molecule has 6 unspecified atom stereocenters. The van der Waals surface area contributed by atoms with E-state index in [-0.39, 0.29) is 6.10 Å². The number of hydrogen-bond acceptors (Lipinski definition) is 2. The SMILES string of the molecule is C[C@H](CCC(=O)O)C1CCC2C3C[C@H](O)C4CCCCC4(C)[C@H]3CCC21C. The third-order valence-corrected chi connectivity index (χ3v) is 10.2. The van der Waals surface area contributed by atoms with Gasteiger partial charge in [0.25, 0.3) is 0 Å². The molecule has 3 nitrogen and oxygen atoms in total. The summed E-state index contributed by atoms with van der Waals surface area (Å²) in [5, 5.41) is 20.2. The molecule has 0 aromatic carbocycles. The fourth-order valence-corrected chi connectivity index (χ4v) is 8.88. The van der Waals surface area contributed by atoms with E-state index in [9.17, 15) is 9.90 Å². The highest BCUT2D eigenvalue weighted by Gasteiger charge is 2.61. The second kappa shape index (κ2) is 7.04. The van der Waals surface area contributed by atoms with Gasteiger partial charge in [-0.1, -0.05) is 33.6 Å². The molecule has 9 atom stereocenters. The Hall–Kier alpha value is -0.570. The van der Waals surface area contributed by atoms with Gasteiger partial charge in [0.15, 0.2) is 0 Å². The average Bonchev–Trinajstić information content (AvgIpc) is 2.97. The van der Waals surface area contributed by atoms with E-state index < -0.39 is 5.97 Å². The highest BCUT2D eigenvalue weighted by molar-refractivity contribution is 5.66. The Labute approximate surface area is 165 Å². The number of carbonyl (C=O) groups is 1. The van der Waals surface area contributed by atoms with Crippen LogP contribution in [0.5, 0.6) is 0 Å². The first-order valence-electron chi connectivity index (χ1n) is 11.7. The Bertz CT molecular complexity index is 574. The molecule has 0 bridgehead atoms. The van der Waals surface area contributed by atoms with Crippen LogP contribution >= 0.6 is 0 Å². The lowest BCUT2D eigenvalue weighted by Gasteiger charge is -2.62. The quantitative estimate of drug-likeness (QED) is 0.680. The van der Waals surface area contributed by atoms with Gasteiger partial charge in [-0.3, -0.25) is 4.79 Å². The highest BCUT2D eigenvalue weighted by atomic mass is 16.4. The van der Waals surface area contributed by atoms with E-state index in [4.69, 9.17) is 5.11 Å². The maximum absolute atomic E-state index is 11.1. The minimum absolute atomic E-state index is 0.0950. The molecule has 0 radical (unpaired) electrons. The van der Waals surface area contributed by atoms with Crippen LogP contribution in [0.15, 0.2) is 0 Å². The molecule has 0 aromatic rings. The monoisotopic (exact) mass is 376 g/mol. The standard InChI is InChI=1S/C24H40O3/c1-15(7-10-22(26)27)17-8-9-18-16-14-21(25)20-6-4-5-12-23(20,2)19(16)11-13-24(17,18)3/h15-21,25H,4-14H2,1-3H3,(H,26,27)/t15-,16?,17?,18?,19+,20?,21+,23?,24?/m1/s1. The zero-order chi connectivity index (χ0) is 19.4. The van der Waals surface area contributed by atoms with Gasteiger partial charge in [-0.15, -0.1) is 0 Å². The van der Waals surface area contributed by atoms with E-state index >= 15 is 0 Å². The molecule has 4 rings (SSSR count). The molecule has 4 saturated carbocycles. The van der Waals surface area contributed by atoms with Crippen molar-refractivity contribution in [2.45, 2.75) is 97.5 Å². The number of rotatable bonds is 4. The van der Waals surface area contributed by atoms with Crippen LogP contribution in [0.4, 0.5) is 0 Å². The topological polar surface area (TPSA) is 57.5 Å². The Balaban J connectivity index is 1.55. The fourth-order valence-electron chi connectivity index (χ4n) is 8.88. The van der Waals surface area contributed by atoms with E-state index in [1.807, 2.05) is 0 Å². The third kappa shape index (κ3) is 3.07. The van der Waals surface area contributed by atoms with Crippen LogP contribution in [0.25, 0.3) is 0 Å². The summed E-state index contributed by atoms with van der Waals surface area (Å²) in [5.41, 5.74) is 0.714. The molecule has 0 saturated heterocycles. The van der Waals surface area contributed by atoms with Gasteiger partial charge >= 0.3 is 5.97 Å². The van der Waals surface area contributed by atoms with Crippen molar-refractivity contribution in [3.05, 3.63) is 0 Å². The van der Waals surface area contributed by atoms with E-state index in [1.165, 1.54) is 51.4 Å². The molecular weight excluding hydrogens is 336 g/mol. The summed E-state index contributed by atoms with van der Waals surface area (Å²) in [7, 11) is 0. The molecule has 2 N–H and O–H groups in total. The molecule has 0 aromatic heterocycles. The van der Waals surface area contributed by atoms with Crippen LogP contribution < -0.4 is 0 Å². The lowest BCUT2D eigenvalue weighted by molar-refractivity contribution is -0.159.